The van der Waals surface area contributed by atoms with Crippen molar-refractivity contribution in [2.24, 2.45) is 11.8 Å². The van der Waals surface area contributed by atoms with Crippen molar-refractivity contribution in [3.63, 3.8) is 0 Å². The molecule has 0 saturated carbocycles. The van der Waals surface area contributed by atoms with Gasteiger partial charge in [-0.05, 0) is 37.5 Å². The first kappa shape index (κ1) is 14.0. The molecule has 0 N–H and O–H groups in total. The highest BCUT2D eigenvalue weighted by atomic mass is 79.9. The maximum absolute atomic E-state index is 12.0. The van der Waals surface area contributed by atoms with Crippen LogP contribution in [0.2, 0.25) is 0 Å². The van der Waals surface area contributed by atoms with Crippen LogP contribution < -0.4 is 0 Å². The number of halogens is 1. The Bertz CT molecular complexity index is 230. The summed E-state index contributed by atoms with van der Waals surface area (Å²) in [5.74, 6) is 1.83. The molecule has 94 valence electrons. The molecule has 2 unspecified atom stereocenters. The van der Waals surface area contributed by atoms with Gasteiger partial charge in [0.2, 0.25) is 5.91 Å². The third-order valence-electron chi connectivity index (χ3n) is 3.65. The van der Waals surface area contributed by atoms with Crippen molar-refractivity contribution in [3.8, 4) is 0 Å². The van der Waals surface area contributed by atoms with Crippen LogP contribution in [0.4, 0.5) is 0 Å². The fourth-order valence-corrected chi connectivity index (χ4v) is 2.67. The van der Waals surface area contributed by atoms with Gasteiger partial charge in [-0.25, -0.2) is 0 Å². The van der Waals surface area contributed by atoms with Crippen molar-refractivity contribution in [1.29, 1.82) is 0 Å². The number of rotatable bonds is 3. The summed E-state index contributed by atoms with van der Waals surface area (Å²) in [6, 6.07) is 0. The number of alkyl halides is 1. The van der Waals surface area contributed by atoms with Crippen molar-refractivity contribution >= 4 is 21.8 Å². The Morgan fingerprint density at radius 3 is 2.62 bits per heavy atom. The summed E-state index contributed by atoms with van der Waals surface area (Å²) in [5.41, 5.74) is 0. The minimum atomic E-state index is 0.0168. The summed E-state index contributed by atoms with van der Waals surface area (Å²) in [4.78, 5) is 14.1. The van der Waals surface area contributed by atoms with Crippen LogP contribution in [0.3, 0.4) is 0 Å². The molecule has 0 aliphatic carbocycles. The fraction of sp³-hybridized carbons (Fsp3) is 0.923. The van der Waals surface area contributed by atoms with E-state index >= 15 is 0 Å². The molecule has 1 aliphatic heterocycles. The average molecular weight is 290 g/mol. The van der Waals surface area contributed by atoms with Crippen LogP contribution in [0.15, 0.2) is 0 Å². The Morgan fingerprint density at radius 2 is 2.06 bits per heavy atom. The lowest BCUT2D eigenvalue weighted by atomic mass is 9.89. The van der Waals surface area contributed by atoms with E-state index in [9.17, 15) is 4.79 Å². The van der Waals surface area contributed by atoms with Crippen molar-refractivity contribution in [3.05, 3.63) is 0 Å². The molecule has 2 nitrogen and oxygen atoms in total. The van der Waals surface area contributed by atoms with E-state index in [1.54, 1.807) is 0 Å². The summed E-state index contributed by atoms with van der Waals surface area (Å²) in [7, 11) is 0. The topological polar surface area (TPSA) is 20.3 Å². The third kappa shape index (κ3) is 3.76. The summed E-state index contributed by atoms with van der Waals surface area (Å²) in [6.45, 7) is 8.53. The number of amides is 1. The zero-order valence-corrected chi connectivity index (χ0v) is 12.3. The van der Waals surface area contributed by atoms with E-state index in [1.165, 1.54) is 12.8 Å². The molecule has 1 aliphatic rings. The molecule has 0 aromatic rings. The summed E-state index contributed by atoms with van der Waals surface area (Å²) < 4.78 is 0. The molecule has 0 bridgehead atoms. The van der Waals surface area contributed by atoms with Gasteiger partial charge in [0.15, 0.2) is 0 Å². The molecule has 2 atom stereocenters. The van der Waals surface area contributed by atoms with E-state index < -0.39 is 0 Å². The molecule has 16 heavy (non-hydrogen) atoms. The van der Waals surface area contributed by atoms with Gasteiger partial charge in [0.1, 0.15) is 0 Å². The second-order valence-corrected chi connectivity index (χ2v) is 6.24. The number of carbonyl (C=O) groups is 1. The molecular formula is C13H24BrNO. The van der Waals surface area contributed by atoms with Crippen LogP contribution in [-0.4, -0.2) is 28.7 Å². The molecule has 1 heterocycles. The van der Waals surface area contributed by atoms with E-state index in [0.717, 1.165) is 37.8 Å². The van der Waals surface area contributed by atoms with Crippen LogP contribution >= 0.6 is 15.9 Å². The highest BCUT2D eigenvalue weighted by molar-refractivity contribution is 9.10. The number of nitrogens with zero attached hydrogens (tertiary/aromatic N) is 1. The quantitative estimate of drug-likeness (QED) is 0.729. The smallest absolute Gasteiger partial charge is 0.236 e. The van der Waals surface area contributed by atoms with Gasteiger partial charge in [-0.1, -0.05) is 36.7 Å². The second kappa shape index (κ2) is 6.63. The van der Waals surface area contributed by atoms with Crippen molar-refractivity contribution in [2.75, 3.05) is 13.1 Å². The van der Waals surface area contributed by atoms with Gasteiger partial charge >= 0.3 is 0 Å². The maximum Gasteiger partial charge on any atom is 0.236 e. The van der Waals surface area contributed by atoms with Gasteiger partial charge in [-0.2, -0.15) is 0 Å². The van der Waals surface area contributed by atoms with Gasteiger partial charge < -0.3 is 4.90 Å². The van der Waals surface area contributed by atoms with Crippen LogP contribution in [0.5, 0.6) is 0 Å². The molecule has 1 rings (SSSR count). The van der Waals surface area contributed by atoms with Crippen LogP contribution in [0.1, 0.15) is 46.5 Å². The maximum atomic E-state index is 12.0. The zero-order chi connectivity index (χ0) is 12.1. The van der Waals surface area contributed by atoms with E-state index in [0.29, 0.717) is 0 Å². The lowest BCUT2D eigenvalue weighted by molar-refractivity contribution is -0.130. The summed E-state index contributed by atoms with van der Waals surface area (Å²) in [6.07, 6.45) is 4.49. The molecule has 1 fully saturated rings. The normalized spacial score (nSPS) is 24.3. The summed E-state index contributed by atoms with van der Waals surface area (Å²) in [5, 5.41) is 0. The number of carbonyl (C=O) groups excluding carboxylic acids is 1. The van der Waals surface area contributed by atoms with E-state index in [2.05, 4.69) is 29.8 Å². The van der Waals surface area contributed by atoms with Crippen LogP contribution in [-0.2, 0) is 4.79 Å². The van der Waals surface area contributed by atoms with Crippen LogP contribution in [0.25, 0.3) is 0 Å². The molecule has 1 amide bonds. The van der Waals surface area contributed by atoms with Crippen LogP contribution in [0, 0.1) is 11.8 Å². The fourth-order valence-electron chi connectivity index (χ4n) is 2.38. The number of hydrogen-bond donors (Lipinski definition) is 0. The third-order valence-corrected chi connectivity index (χ3v) is 4.69. The van der Waals surface area contributed by atoms with E-state index in [-0.39, 0.29) is 10.7 Å². The molecule has 3 heteroatoms. The van der Waals surface area contributed by atoms with Crippen molar-refractivity contribution < 1.29 is 4.79 Å². The monoisotopic (exact) mass is 289 g/mol. The predicted molar refractivity (Wildman–Crippen MR) is 71.8 cm³/mol. The standard InChI is InChI=1S/C13H24BrNO/c1-4-12(14)13(16)15-8-5-6-11(7-9-15)10(2)3/h10-12H,4-9H2,1-3H3. The van der Waals surface area contributed by atoms with Gasteiger partial charge in [0, 0.05) is 13.1 Å². The predicted octanol–water partition coefficient (Wildman–Crippen LogP) is 3.44. The molecule has 1 saturated heterocycles. The Balaban J connectivity index is 2.50. The van der Waals surface area contributed by atoms with Gasteiger partial charge in [0.25, 0.3) is 0 Å². The zero-order valence-electron chi connectivity index (χ0n) is 10.7. The van der Waals surface area contributed by atoms with E-state index in [1.807, 2.05) is 11.8 Å². The Labute approximate surface area is 108 Å². The first-order valence-corrected chi connectivity index (χ1v) is 7.40. The average Bonchev–Trinajstić information content (AvgIpc) is 2.52. The Hall–Kier alpha value is -0.0500. The summed E-state index contributed by atoms with van der Waals surface area (Å²) >= 11 is 3.46. The van der Waals surface area contributed by atoms with E-state index in [4.69, 9.17) is 0 Å². The largest absolute Gasteiger partial charge is 0.342 e. The van der Waals surface area contributed by atoms with Crippen molar-refractivity contribution in [1.82, 2.24) is 4.90 Å². The van der Waals surface area contributed by atoms with Gasteiger partial charge in [-0.3, -0.25) is 4.79 Å². The molecule has 0 spiro atoms. The highest BCUT2D eigenvalue weighted by Gasteiger charge is 2.25. The first-order valence-electron chi connectivity index (χ1n) is 6.49. The Kier molecular flexibility index (Phi) is 5.81. The Morgan fingerprint density at radius 1 is 1.38 bits per heavy atom. The molecule has 0 aromatic carbocycles. The van der Waals surface area contributed by atoms with Gasteiger partial charge in [0.05, 0.1) is 4.83 Å². The van der Waals surface area contributed by atoms with Crippen molar-refractivity contribution in [2.45, 2.75) is 51.3 Å². The lowest BCUT2D eigenvalue weighted by Crippen LogP contribution is -2.37. The van der Waals surface area contributed by atoms with Gasteiger partial charge in [-0.15, -0.1) is 0 Å². The second-order valence-electron chi connectivity index (χ2n) is 5.14. The molecule has 0 radical (unpaired) electrons. The molecular weight excluding hydrogens is 266 g/mol. The number of likely N-dealkylation sites (tertiary alicyclic amines) is 1. The SMILES string of the molecule is CCC(Br)C(=O)N1CCCC(C(C)C)CC1. The minimum Gasteiger partial charge on any atom is -0.342 e. The highest BCUT2D eigenvalue weighted by Crippen LogP contribution is 2.25. The first-order chi connectivity index (χ1) is 7.56. The molecule has 0 aromatic heterocycles. The number of hydrogen-bond acceptors (Lipinski definition) is 1. The lowest BCUT2D eigenvalue weighted by Gasteiger charge is -2.23. The minimum absolute atomic E-state index is 0.0168.